The molecule has 134 valence electrons. The second-order valence-electron chi connectivity index (χ2n) is 6.82. The van der Waals surface area contributed by atoms with Crippen LogP contribution >= 0.6 is 11.6 Å². The van der Waals surface area contributed by atoms with E-state index in [-0.39, 0.29) is 16.7 Å². The van der Waals surface area contributed by atoms with Crippen LogP contribution in [0, 0.1) is 0 Å². The normalized spacial score (nSPS) is 11.7. The van der Waals surface area contributed by atoms with Crippen molar-refractivity contribution in [1.29, 1.82) is 0 Å². The second-order valence-corrected chi connectivity index (χ2v) is 7.18. The average molecular weight is 360 g/mol. The Bertz CT molecular complexity index is 595. The van der Waals surface area contributed by atoms with Crippen LogP contribution in [0.2, 0.25) is 5.15 Å². The van der Waals surface area contributed by atoms with Crippen LogP contribution in [-0.2, 0) is 9.47 Å². The predicted molar refractivity (Wildman–Crippen MR) is 88.5 cm³/mol. The van der Waals surface area contributed by atoms with E-state index in [2.05, 4.69) is 9.97 Å². The van der Waals surface area contributed by atoms with E-state index in [9.17, 15) is 9.59 Å². The van der Waals surface area contributed by atoms with Crippen LogP contribution in [-0.4, -0.2) is 40.5 Å². The molecule has 0 unspecified atom stereocenters. The Morgan fingerprint density at radius 1 is 1.00 bits per heavy atom. The third-order valence-electron chi connectivity index (χ3n) is 2.31. The molecule has 0 bridgehead atoms. The largest absolute Gasteiger partial charge is 0.490 e. The number of hydrogen-bond donors (Lipinski definition) is 0. The highest BCUT2D eigenvalue weighted by atomic mass is 35.5. The van der Waals surface area contributed by atoms with Gasteiger partial charge in [0.25, 0.3) is 0 Å². The molecule has 0 saturated carbocycles. The third kappa shape index (κ3) is 5.52. The molecule has 9 heteroatoms. The molecule has 0 fully saturated rings. The molecule has 1 aromatic heterocycles. The number of amides is 2. The lowest BCUT2D eigenvalue weighted by Gasteiger charge is -2.28. The highest BCUT2D eigenvalue weighted by Gasteiger charge is 2.36. The monoisotopic (exact) mass is 359 g/mol. The highest BCUT2D eigenvalue weighted by Crippen LogP contribution is 2.33. The van der Waals surface area contributed by atoms with E-state index < -0.39 is 23.4 Å². The van der Waals surface area contributed by atoms with Gasteiger partial charge in [0, 0.05) is 0 Å². The topological polar surface area (TPSA) is 90.9 Å². The van der Waals surface area contributed by atoms with E-state index in [0.717, 1.165) is 6.33 Å². The SMILES string of the molecule is COc1c(Cl)ncnc1N(C(=O)OC(C)(C)C)C(=O)OC(C)(C)C. The van der Waals surface area contributed by atoms with Gasteiger partial charge in [0.15, 0.2) is 16.7 Å². The molecule has 24 heavy (non-hydrogen) atoms. The number of halogens is 1. The summed E-state index contributed by atoms with van der Waals surface area (Å²) in [5.41, 5.74) is -1.66. The van der Waals surface area contributed by atoms with Crippen molar-refractivity contribution >= 4 is 29.6 Å². The van der Waals surface area contributed by atoms with Crippen molar-refractivity contribution in [2.75, 3.05) is 12.0 Å². The molecule has 0 atom stereocenters. The van der Waals surface area contributed by atoms with Crippen molar-refractivity contribution in [3.63, 3.8) is 0 Å². The van der Waals surface area contributed by atoms with Crippen molar-refractivity contribution in [1.82, 2.24) is 9.97 Å². The Morgan fingerprint density at radius 3 is 1.83 bits per heavy atom. The van der Waals surface area contributed by atoms with Gasteiger partial charge in [0.05, 0.1) is 7.11 Å². The second kappa shape index (κ2) is 7.21. The Kier molecular flexibility index (Phi) is 5.99. The standard InChI is InChI=1S/C15H22ClN3O5/c1-14(2,3)23-12(20)19(13(21)24-15(4,5)6)11-9(22-7)10(16)17-8-18-11/h8H,1-7H3. The average Bonchev–Trinajstić information content (AvgIpc) is 2.34. The van der Waals surface area contributed by atoms with Crippen molar-refractivity contribution in [3.8, 4) is 5.75 Å². The van der Waals surface area contributed by atoms with Crippen LogP contribution in [0.25, 0.3) is 0 Å². The van der Waals surface area contributed by atoms with E-state index >= 15 is 0 Å². The maximum Gasteiger partial charge on any atom is 0.425 e. The summed E-state index contributed by atoms with van der Waals surface area (Å²) in [7, 11) is 1.32. The fourth-order valence-corrected chi connectivity index (χ4v) is 1.75. The van der Waals surface area contributed by atoms with Gasteiger partial charge in [-0.1, -0.05) is 11.6 Å². The molecule has 0 aliphatic heterocycles. The molecular formula is C15H22ClN3O5. The number of carbonyl (C=O) groups is 2. The van der Waals surface area contributed by atoms with Gasteiger partial charge in [-0.25, -0.2) is 19.6 Å². The van der Waals surface area contributed by atoms with E-state index in [0.29, 0.717) is 4.90 Å². The van der Waals surface area contributed by atoms with Gasteiger partial charge in [-0.05, 0) is 41.5 Å². The first kappa shape index (κ1) is 20.0. The first-order valence-electron chi connectivity index (χ1n) is 7.16. The first-order chi connectivity index (χ1) is 10.9. The summed E-state index contributed by atoms with van der Waals surface area (Å²) in [5.74, 6) is -0.211. The Morgan fingerprint density at radius 2 is 1.46 bits per heavy atom. The molecule has 1 aromatic rings. The quantitative estimate of drug-likeness (QED) is 0.741. The zero-order valence-corrected chi connectivity index (χ0v) is 15.6. The van der Waals surface area contributed by atoms with Crippen LogP contribution in [0.15, 0.2) is 6.33 Å². The molecule has 8 nitrogen and oxygen atoms in total. The molecule has 1 heterocycles. The molecule has 0 N–H and O–H groups in total. The lowest BCUT2D eigenvalue weighted by molar-refractivity contribution is 0.0427. The zero-order chi connectivity index (χ0) is 18.7. The molecular weight excluding hydrogens is 338 g/mol. The predicted octanol–water partition coefficient (Wildman–Crippen LogP) is 3.82. The van der Waals surface area contributed by atoms with Crippen LogP contribution < -0.4 is 9.64 Å². The molecule has 1 rings (SSSR count). The number of rotatable bonds is 2. The summed E-state index contributed by atoms with van der Waals surface area (Å²) < 4.78 is 15.6. The smallest absolute Gasteiger partial charge is 0.425 e. The molecule has 0 aliphatic rings. The van der Waals surface area contributed by atoms with Gasteiger partial charge in [0.2, 0.25) is 0 Å². The van der Waals surface area contributed by atoms with Crippen LogP contribution in [0.3, 0.4) is 0 Å². The van der Waals surface area contributed by atoms with Gasteiger partial charge < -0.3 is 14.2 Å². The summed E-state index contributed by atoms with van der Waals surface area (Å²) in [4.78, 5) is 33.3. The fraction of sp³-hybridized carbons (Fsp3) is 0.600. The van der Waals surface area contributed by atoms with Crippen LogP contribution in [0.4, 0.5) is 15.4 Å². The Hall–Kier alpha value is -2.09. The Labute approximate surface area is 146 Å². The van der Waals surface area contributed by atoms with Crippen molar-refractivity contribution in [2.24, 2.45) is 0 Å². The van der Waals surface area contributed by atoms with E-state index in [1.807, 2.05) is 0 Å². The van der Waals surface area contributed by atoms with Crippen LogP contribution in [0.1, 0.15) is 41.5 Å². The number of hydrogen-bond acceptors (Lipinski definition) is 7. The van der Waals surface area contributed by atoms with E-state index in [4.69, 9.17) is 25.8 Å². The molecule has 0 aliphatic carbocycles. The van der Waals surface area contributed by atoms with Crippen molar-refractivity contribution in [3.05, 3.63) is 11.5 Å². The lowest BCUT2D eigenvalue weighted by atomic mass is 10.2. The van der Waals surface area contributed by atoms with Gasteiger partial charge in [0.1, 0.15) is 17.5 Å². The van der Waals surface area contributed by atoms with Gasteiger partial charge >= 0.3 is 12.2 Å². The summed E-state index contributed by atoms with van der Waals surface area (Å²) in [6.45, 7) is 10.0. The summed E-state index contributed by atoms with van der Waals surface area (Å²) in [6.07, 6.45) is -0.836. The van der Waals surface area contributed by atoms with Gasteiger partial charge in [-0.2, -0.15) is 4.90 Å². The van der Waals surface area contributed by atoms with Crippen molar-refractivity contribution in [2.45, 2.75) is 52.7 Å². The number of nitrogens with zero attached hydrogens (tertiary/aromatic N) is 3. The maximum atomic E-state index is 12.5. The summed E-state index contributed by atoms with van der Waals surface area (Å²) >= 11 is 5.94. The molecule has 0 saturated heterocycles. The maximum absolute atomic E-state index is 12.5. The minimum atomic E-state index is -0.968. The molecule has 0 radical (unpaired) electrons. The zero-order valence-electron chi connectivity index (χ0n) is 14.8. The Balaban J connectivity index is 3.36. The van der Waals surface area contributed by atoms with E-state index in [1.54, 1.807) is 41.5 Å². The van der Waals surface area contributed by atoms with Gasteiger partial charge in [-0.15, -0.1) is 0 Å². The lowest BCUT2D eigenvalue weighted by Crippen LogP contribution is -2.44. The molecule has 0 spiro atoms. The van der Waals surface area contributed by atoms with E-state index in [1.165, 1.54) is 7.11 Å². The number of anilines is 1. The minimum Gasteiger partial charge on any atom is -0.490 e. The number of aromatic nitrogens is 2. The number of methoxy groups -OCH3 is 1. The number of imide groups is 1. The number of ether oxygens (including phenoxy) is 3. The molecule has 2 amide bonds. The first-order valence-corrected chi connectivity index (χ1v) is 7.54. The summed E-state index contributed by atoms with van der Waals surface area (Å²) in [5, 5.41) is -0.0559. The summed E-state index contributed by atoms with van der Waals surface area (Å²) in [6, 6.07) is 0. The van der Waals surface area contributed by atoms with Crippen molar-refractivity contribution < 1.29 is 23.8 Å². The third-order valence-corrected chi connectivity index (χ3v) is 2.58. The van der Waals surface area contributed by atoms with Crippen LogP contribution in [0.5, 0.6) is 5.75 Å². The minimum absolute atomic E-state index is 0.0455. The fourth-order valence-electron chi connectivity index (χ4n) is 1.54. The number of carbonyl (C=O) groups excluding carboxylic acids is 2. The van der Waals surface area contributed by atoms with Gasteiger partial charge in [-0.3, -0.25) is 0 Å². The highest BCUT2D eigenvalue weighted by molar-refractivity contribution is 6.31. The molecule has 0 aromatic carbocycles.